The zero-order chi connectivity index (χ0) is 13.2. The Labute approximate surface area is 111 Å². The summed E-state index contributed by atoms with van der Waals surface area (Å²) in [5, 5.41) is 1.87. The second-order valence-electron chi connectivity index (χ2n) is 5.11. The van der Waals surface area contributed by atoms with E-state index in [1.807, 2.05) is 35.7 Å². The largest absolute Gasteiger partial charge is 0.422 e. The maximum Gasteiger partial charge on any atom is 0.353 e. The number of carbonyl (C=O) groups is 1. The summed E-state index contributed by atoms with van der Waals surface area (Å²) >= 11 is 1.39. The molecule has 2 rings (SSSR count). The van der Waals surface area contributed by atoms with Crippen LogP contribution in [0.15, 0.2) is 41.8 Å². The summed E-state index contributed by atoms with van der Waals surface area (Å²) in [6.45, 7) is 6.31. The van der Waals surface area contributed by atoms with Crippen molar-refractivity contribution in [3.8, 4) is 5.75 Å². The number of hydrogen-bond acceptors (Lipinski definition) is 3. The second kappa shape index (κ2) is 4.94. The first-order valence-electron chi connectivity index (χ1n) is 5.83. The molecule has 0 aliphatic heterocycles. The number of carbonyl (C=O) groups excluding carboxylic acids is 1. The number of para-hydroxylation sites is 1. The van der Waals surface area contributed by atoms with Gasteiger partial charge in [-0.25, -0.2) is 4.79 Å². The molecule has 1 heterocycles. The summed E-state index contributed by atoms with van der Waals surface area (Å²) in [5.41, 5.74) is 0.988. The minimum Gasteiger partial charge on any atom is -0.422 e. The van der Waals surface area contributed by atoms with Crippen LogP contribution in [0.25, 0.3) is 0 Å². The lowest BCUT2D eigenvalue weighted by molar-refractivity contribution is 0.0737. The fraction of sp³-hybridized carbons (Fsp3) is 0.267. The van der Waals surface area contributed by atoms with Crippen LogP contribution in [0.3, 0.4) is 0 Å². The molecule has 18 heavy (non-hydrogen) atoms. The molecule has 0 aliphatic carbocycles. The molecule has 0 unspecified atom stereocenters. The van der Waals surface area contributed by atoms with Crippen molar-refractivity contribution in [2.24, 2.45) is 0 Å². The Morgan fingerprint density at radius 1 is 1.11 bits per heavy atom. The number of benzene rings is 1. The Hall–Kier alpha value is -1.61. The summed E-state index contributed by atoms with van der Waals surface area (Å²) in [5.74, 6) is 0.352. The van der Waals surface area contributed by atoms with Crippen LogP contribution < -0.4 is 4.74 Å². The van der Waals surface area contributed by atoms with Crippen molar-refractivity contribution in [1.29, 1.82) is 0 Å². The van der Waals surface area contributed by atoms with Crippen molar-refractivity contribution in [3.63, 3.8) is 0 Å². The standard InChI is InChI=1S/C15H16O2S/c1-15(2,3)11-7-4-5-8-12(11)17-14(16)13-9-6-10-18-13/h4-10H,1-3H3. The van der Waals surface area contributed by atoms with Gasteiger partial charge in [0, 0.05) is 5.56 Å². The maximum atomic E-state index is 11.9. The summed E-state index contributed by atoms with van der Waals surface area (Å²) in [4.78, 5) is 12.6. The highest BCUT2D eigenvalue weighted by molar-refractivity contribution is 7.12. The highest BCUT2D eigenvalue weighted by Gasteiger charge is 2.20. The highest BCUT2D eigenvalue weighted by Crippen LogP contribution is 2.31. The molecule has 0 saturated heterocycles. The van der Waals surface area contributed by atoms with Gasteiger partial charge in [-0.2, -0.15) is 0 Å². The van der Waals surface area contributed by atoms with Gasteiger partial charge in [-0.15, -0.1) is 11.3 Å². The van der Waals surface area contributed by atoms with Crippen LogP contribution >= 0.6 is 11.3 Å². The first-order chi connectivity index (χ1) is 8.48. The normalized spacial score (nSPS) is 11.3. The summed E-state index contributed by atoms with van der Waals surface area (Å²) in [6.07, 6.45) is 0. The average Bonchev–Trinajstić information content (AvgIpc) is 2.81. The molecule has 2 aromatic rings. The average molecular weight is 260 g/mol. The van der Waals surface area contributed by atoms with Gasteiger partial charge in [0.2, 0.25) is 0 Å². The van der Waals surface area contributed by atoms with Gasteiger partial charge in [0.1, 0.15) is 10.6 Å². The predicted octanol–water partition coefficient (Wildman–Crippen LogP) is 4.26. The smallest absolute Gasteiger partial charge is 0.353 e. The monoisotopic (exact) mass is 260 g/mol. The Kier molecular flexibility index (Phi) is 3.53. The molecule has 0 N–H and O–H groups in total. The Balaban J connectivity index is 2.27. The van der Waals surface area contributed by atoms with Crippen molar-refractivity contribution in [2.75, 3.05) is 0 Å². The lowest BCUT2D eigenvalue weighted by Gasteiger charge is -2.21. The van der Waals surface area contributed by atoms with E-state index in [1.165, 1.54) is 11.3 Å². The Morgan fingerprint density at radius 2 is 1.83 bits per heavy atom. The van der Waals surface area contributed by atoms with E-state index in [9.17, 15) is 4.79 Å². The van der Waals surface area contributed by atoms with Gasteiger partial charge >= 0.3 is 5.97 Å². The molecule has 0 atom stereocenters. The third-order valence-corrected chi connectivity index (χ3v) is 3.47. The quantitative estimate of drug-likeness (QED) is 0.595. The van der Waals surface area contributed by atoms with E-state index >= 15 is 0 Å². The fourth-order valence-corrected chi connectivity index (χ4v) is 2.32. The van der Waals surface area contributed by atoms with Crippen LogP contribution in [0.4, 0.5) is 0 Å². The van der Waals surface area contributed by atoms with Crippen molar-refractivity contribution >= 4 is 17.3 Å². The van der Waals surface area contributed by atoms with Gasteiger partial charge in [0.25, 0.3) is 0 Å². The van der Waals surface area contributed by atoms with E-state index in [2.05, 4.69) is 20.8 Å². The summed E-state index contributed by atoms with van der Waals surface area (Å²) < 4.78 is 5.49. The van der Waals surface area contributed by atoms with E-state index in [0.717, 1.165) is 5.56 Å². The third-order valence-electron chi connectivity index (χ3n) is 2.62. The molecule has 0 bridgehead atoms. The van der Waals surface area contributed by atoms with Gasteiger partial charge in [-0.05, 0) is 22.9 Å². The number of ether oxygens (including phenoxy) is 1. The van der Waals surface area contributed by atoms with Crippen molar-refractivity contribution in [3.05, 3.63) is 52.2 Å². The van der Waals surface area contributed by atoms with E-state index in [1.54, 1.807) is 6.07 Å². The van der Waals surface area contributed by atoms with Crippen molar-refractivity contribution in [1.82, 2.24) is 0 Å². The molecule has 94 valence electrons. The van der Waals surface area contributed by atoms with E-state index < -0.39 is 0 Å². The maximum absolute atomic E-state index is 11.9. The molecule has 0 spiro atoms. The molecule has 0 saturated carbocycles. The van der Waals surface area contributed by atoms with Crippen LogP contribution in [0.1, 0.15) is 36.0 Å². The van der Waals surface area contributed by atoms with Crippen LogP contribution in [0, 0.1) is 0 Å². The van der Waals surface area contributed by atoms with Crippen molar-refractivity contribution in [2.45, 2.75) is 26.2 Å². The van der Waals surface area contributed by atoms with E-state index in [-0.39, 0.29) is 11.4 Å². The minimum atomic E-state index is -0.290. The van der Waals surface area contributed by atoms with Gasteiger partial charge in [-0.1, -0.05) is 45.0 Å². The lowest BCUT2D eigenvalue weighted by Crippen LogP contribution is -2.15. The predicted molar refractivity (Wildman–Crippen MR) is 74.4 cm³/mol. The molecule has 1 aromatic heterocycles. The fourth-order valence-electron chi connectivity index (χ4n) is 1.72. The summed E-state index contributed by atoms with van der Waals surface area (Å²) in [7, 11) is 0. The first kappa shape index (κ1) is 12.8. The molecule has 0 aliphatic rings. The number of hydrogen-bond donors (Lipinski definition) is 0. The van der Waals surface area contributed by atoms with E-state index in [4.69, 9.17) is 4.74 Å². The zero-order valence-corrected chi connectivity index (χ0v) is 11.6. The van der Waals surface area contributed by atoms with Crippen LogP contribution in [-0.2, 0) is 5.41 Å². The highest BCUT2D eigenvalue weighted by atomic mass is 32.1. The number of rotatable bonds is 2. The minimum absolute atomic E-state index is 0.0493. The SMILES string of the molecule is CC(C)(C)c1ccccc1OC(=O)c1cccs1. The molecule has 3 heteroatoms. The molecular formula is C15H16O2S. The number of esters is 1. The van der Waals surface area contributed by atoms with Crippen molar-refractivity contribution < 1.29 is 9.53 Å². The molecule has 0 amide bonds. The topological polar surface area (TPSA) is 26.3 Å². The lowest BCUT2D eigenvalue weighted by atomic mass is 9.86. The van der Waals surface area contributed by atoms with E-state index in [0.29, 0.717) is 10.6 Å². The second-order valence-corrected chi connectivity index (χ2v) is 6.06. The van der Waals surface area contributed by atoms with Gasteiger partial charge in [-0.3, -0.25) is 0 Å². The van der Waals surface area contributed by atoms with Crippen LogP contribution in [0.5, 0.6) is 5.75 Å². The van der Waals surface area contributed by atoms with Crippen LogP contribution in [0.2, 0.25) is 0 Å². The van der Waals surface area contributed by atoms with Crippen LogP contribution in [-0.4, -0.2) is 5.97 Å². The Morgan fingerprint density at radius 3 is 2.44 bits per heavy atom. The number of thiophene rings is 1. The van der Waals surface area contributed by atoms with Gasteiger partial charge < -0.3 is 4.74 Å². The zero-order valence-electron chi connectivity index (χ0n) is 10.8. The molecule has 0 fully saturated rings. The molecular weight excluding hydrogens is 244 g/mol. The first-order valence-corrected chi connectivity index (χ1v) is 6.71. The molecule has 0 radical (unpaired) electrons. The van der Waals surface area contributed by atoms with Gasteiger partial charge in [0.15, 0.2) is 0 Å². The summed E-state index contributed by atoms with van der Waals surface area (Å²) in [6, 6.07) is 11.3. The molecule has 1 aromatic carbocycles. The third kappa shape index (κ3) is 2.79. The molecule has 2 nitrogen and oxygen atoms in total. The van der Waals surface area contributed by atoms with Gasteiger partial charge in [0.05, 0.1) is 0 Å². The Bertz CT molecular complexity index is 536.